The van der Waals surface area contributed by atoms with E-state index in [0.717, 1.165) is 50.6 Å². The van der Waals surface area contributed by atoms with Gasteiger partial charge in [0.2, 0.25) is 0 Å². The summed E-state index contributed by atoms with van der Waals surface area (Å²) in [4.78, 5) is 13.1. The Labute approximate surface area is 290 Å². The minimum absolute atomic E-state index is 0. The summed E-state index contributed by atoms with van der Waals surface area (Å²) in [5.74, 6) is 0. The second-order valence-corrected chi connectivity index (χ2v) is 10.2. The average molecular weight is 776 g/mol. The van der Waals surface area contributed by atoms with Gasteiger partial charge < -0.3 is 15.0 Å². The van der Waals surface area contributed by atoms with Crippen LogP contribution in [0.15, 0.2) is 152 Å². The number of pyridine rings is 3. The standard InChI is InChI=1S/C18H14N.2C12H10N.Ir/c1-14-7-12-18(19-13-14)17-10-8-16(9-11-17)15-5-3-2-4-6-15;2*1-10-6-5-9-12(13-10)11-7-3-2-4-8-11;/h2-10,12-13H,1H3;2*2-7,9H,1H3;/q3*-1;+3/i1D3;;;. The normalized spacial score (nSPS) is 11.1. The van der Waals surface area contributed by atoms with Gasteiger partial charge in [0.05, 0.1) is 0 Å². The van der Waals surface area contributed by atoms with Gasteiger partial charge in [0.1, 0.15) is 0 Å². The second kappa shape index (κ2) is 17.5. The molecule has 0 N–H and O–H groups in total. The first-order valence-corrected chi connectivity index (χ1v) is 14.6. The molecule has 0 aliphatic carbocycles. The first kappa shape index (κ1) is 29.7. The number of aryl methyl sites for hydroxylation is 3. The summed E-state index contributed by atoms with van der Waals surface area (Å²) < 4.78 is 22.1. The van der Waals surface area contributed by atoms with E-state index in [1.807, 2.05) is 147 Å². The fourth-order valence-electron chi connectivity index (χ4n) is 4.44. The van der Waals surface area contributed by atoms with Crippen LogP contribution in [-0.2, 0) is 20.1 Å². The van der Waals surface area contributed by atoms with Crippen molar-refractivity contribution in [3.63, 3.8) is 0 Å². The molecule has 4 aromatic carbocycles. The van der Waals surface area contributed by atoms with Crippen molar-refractivity contribution in [1.29, 1.82) is 0 Å². The zero-order chi connectivity index (χ0) is 33.8. The van der Waals surface area contributed by atoms with Crippen LogP contribution in [0.3, 0.4) is 0 Å². The third-order valence-corrected chi connectivity index (χ3v) is 6.71. The molecule has 0 atom stereocenters. The Balaban J connectivity index is 0.000000173. The maximum absolute atomic E-state index is 7.36. The van der Waals surface area contributed by atoms with Crippen molar-refractivity contribution in [2.75, 3.05) is 0 Å². The van der Waals surface area contributed by atoms with Gasteiger partial charge in [-0.2, -0.15) is 0 Å². The topological polar surface area (TPSA) is 38.7 Å². The van der Waals surface area contributed by atoms with Gasteiger partial charge in [0.15, 0.2) is 0 Å². The number of nitrogens with zero attached hydrogens (tertiary/aromatic N) is 3. The molecule has 7 rings (SSSR count). The molecule has 7 aromatic rings. The minimum Gasteiger partial charge on any atom is -0.304 e. The third-order valence-electron chi connectivity index (χ3n) is 6.71. The van der Waals surface area contributed by atoms with Crippen LogP contribution in [0.1, 0.15) is 21.1 Å². The largest absolute Gasteiger partial charge is 3.00 e. The van der Waals surface area contributed by atoms with Crippen molar-refractivity contribution in [3.8, 4) is 44.9 Å². The van der Waals surface area contributed by atoms with Crippen LogP contribution in [0.25, 0.3) is 44.9 Å². The van der Waals surface area contributed by atoms with E-state index < -0.39 is 6.85 Å². The maximum Gasteiger partial charge on any atom is 3.00 e. The van der Waals surface area contributed by atoms with Crippen LogP contribution in [0.5, 0.6) is 0 Å². The van der Waals surface area contributed by atoms with Crippen molar-refractivity contribution in [1.82, 2.24) is 15.0 Å². The molecule has 3 heterocycles. The second-order valence-electron chi connectivity index (χ2n) is 10.2. The molecule has 0 saturated heterocycles. The minimum atomic E-state index is -2.12. The Morgan fingerprint density at radius 3 is 1.54 bits per heavy atom. The summed E-state index contributed by atoms with van der Waals surface area (Å²) in [5, 5.41) is 0. The predicted molar refractivity (Wildman–Crippen MR) is 185 cm³/mol. The van der Waals surface area contributed by atoms with Crippen LogP contribution < -0.4 is 0 Å². The van der Waals surface area contributed by atoms with E-state index in [0.29, 0.717) is 5.69 Å². The van der Waals surface area contributed by atoms with E-state index >= 15 is 0 Å². The van der Waals surface area contributed by atoms with Gasteiger partial charge in [0, 0.05) is 21.7 Å². The Morgan fingerprint density at radius 1 is 0.500 bits per heavy atom. The molecule has 0 aliphatic rings. The fourth-order valence-corrected chi connectivity index (χ4v) is 4.44. The molecule has 0 bridgehead atoms. The summed E-state index contributed by atoms with van der Waals surface area (Å²) in [6.45, 7) is 1.87. The number of hydrogen-bond donors (Lipinski definition) is 0. The Hall–Kier alpha value is -5.02. The molecule has 3 nitrogen and oxygen atoms in total. The van der Waals surface area contributed by atoms with Gasteiger partial charge in [-0.15, -0.1) is 102 Å². The molecule has 0 unspecified atom stereocenters. The van der Waals surface area contributed by atoms with Crippen LogP contribution >= 0.6 is 0 Å². The van der Waals surface area contributed by atoms with Crippen molar-refractivity contribution in [2.45, 2.75) is 20.7 Å². The van der Waals surface area contributed by atoms with Crippen molar-refractivity contribution < 1.29 is 24.2 Å². The fraction of sp³-hybridized carbons (Fsp3) is 0.0714. The smallest absolute Gasteiger partial charge is 0.304 e. The van der Waals surface area contributed by atoms with Crippen molar-refractivity contribution in [3.05, 3.63) is 187 Å². The quantitative estimate of drug-likeness (QED) is 0.167. The summed E-state index contributed by atoms with van der Waals surface area (Å²) in [5.41, 5.74) is 10.2. The summed E-state index contributed by atoms with van der Waals surface area (Å²) in [6.07, 6.45) is 1.40. The summed E-state index contributed by atoms with van der Waals surface area (Å²) in [6, 6.07) is 56.5. The van der Waals surface area contributed by atoms with E-state index in [1.54, 1.807) is 12.1 Å². The van der Waals surface area contributed by atoms with E-state index in [4.69, 9.17) is 4.11 Å². The third kappa shape index (κ3) is 10.0. The molecule has 0 spiro atoms. The van der Waals surface area contributed by atoms with Crippen molar-refractivity contribution >= 4 is 0 Å². The number of rotatable bonds is 4. The van der Waals surface area contributed by atoms with Crippen LogP contribution in [0.2, 0.25) is 0 Å². The van der Waals surface area contributed by atoms with E-state index in [9.17, 15) is 0 Å². The van der Waals surface area contributed by atoms with Gasteiger partial charge in [-0.25, -0.2) is 0 Å². The van der Waals surface area contributed by atoms with Crippen LogP contribution in [-0.4, -0.2) is 15.0 Å². The van der Waals surface area contributed by atoms with Crippen LogP contribution in [0, 0.1) is 38.9 Å². The molecule has 4 heteroatoms. The molecule has 0 aliphatic heterocycles. The average Bonchev–Trinajstić information content (AvgIpc) is 3.13. The molecule has 0 saturated carbocycles. The molecular weight excluding hydrogens is 739 g/mol. The molecular formula is C42H34IrN3. The predicted octanol–water partition coefficient (Wildman–Crippen LogP) is 10.2. The first-order valence-electron chi connectivity index (χ1n) is 16.1. The first-order chi connectivity index (χ1) is 23.3. The Morgan fingerprint density at radius 2 is 1.09 bits per heavy atom. The maximum atomic E-state index is 7.36. The van der Waals surface area contributed by atoms with E-state index in [1.165, 1.54) is 6.20 Å². The van der Waals surface area contributed by atoms with Crippen molar-refractivity contribution in [2.24, 2.45) is 0 Å². The molecule has 226 valence electrons. The Bertz CT molecular complexity index is 1920. The molecule has 0 radical (unpaired) electrons. The van der Waals surface area contributed by atoms with Gasteiger partial charge in [-0.05, 0) is 55.5 Å². The molecule has 46 heavy (non-hydrogen) atoms. The van der Waals surface area contributed by atoms with Gasteiger partial charge in [0.25, 0.3) is 0 Å². The number of benzene rings is 4. The Kier molecular flexibility index (Phi) is 11.3. The number of hydrogen-bond acceptors (Lipinski definition) is 3. The van der Waals surface area contributed by atoms with E-state index in [2.05, 4.69) is 33.2 Å². The van der Waals surface area contributed by atoms with Crippen LogP contribution in [0.4, 0.5) is 0 Å². The molecule has 0 amide bonds. The monoisotopic (exact) mass is 776 g/mol. The van der Waals surface area contributed by atoms with Gasteiger partial charge >= 0.3 is 20.1 Å². The van der Waals surface area contributed by atoms with Gasteiger partial charge in [-0.1, -0.05) is 77.9 Å². The SMILES string of the molecule is Cc1cccc(-c2[c-]cccc2)n1.Cc1cccc(-c2[c-]cccc2)n1.[2H]C([2H])([2H])c1ccc(-c2[c-]cc(-c3ccccc3)cc2)nc1.[Ir+3]. The zero-order valence-corrected chi connectivity index (χ0v) is 28.0. The number of aromatic nitrogens is 3. The van der Waals surface area contributed by atoms with Gasteiger partial charge in [-0.3, -0.25) is 0 Å². The summed E-state index contributed by atoms with van der Waals surface area (Å²) >= 11 is 0. The molecule has 3 aromatic heterocycles. The summed E-state index contributed by atoms with van der Waals surface area (Å²) in [7, 11) is 0. The molecule has 0 fully saturated rings. The van der Waals surface area contributed by atoms with E-state index in [-0.39, 0.29) is 25.7 Å². The zero-order valence-electron chi connectivity index (χ0n) is 28.6.